The molecule has 2 fully saturated rings. The molecule has 238 valence electrons. The van der Waals surface area contributed by atoms with Crippen molar-refractivity contribution in [1.82, 2.24) is 19.9 Å². The van der Waals surface area contributed by atoms with Crippen molar-refractivity contribution >= 4 is 28.6 Å². The molecule has 1 saturated heterocycles. The number of benzene rings is 4. The number of halogens is 1. The first-order chi connectivity index (χ1) is 23.0. The molecule has 3 aliphatic rings. The summed E-state index contributed by atoms with van der Waals surface area (Å²) in [6.07, 6.45) is 1.36. The Bertz CT molecular complexity index is 1960. The van der Waals surface area contributed by atoms with Crippen molar-refractivity contribution in [3.63, 3.8) is 0 Å². The summed E-state index contributed by atoms with van der Waals surface area (Å²) in [5, 5.41) is 5.96. The van der Waals surface area contributed by atoms with Gasteiger partial charge in [0.1, 0.15) is 6.61 Å². The van der Waals surface area contributed by atoms with Crippen LogP contribution in [0, 0.1) is 5.92 Å². The van der Waals surface area contributed by atoms with E-state index < -0.39 is 12.1 Å². The SMILES string of the molecule is O=C(N[C@H](c1nc2cccc(Cl)c2c(=O)n1N1CCN(Cc2ccccc2)CC1)C1CC1)OCC1c2ccccc2-c2ccccc21. The molecule has 0 unspecified atom stereocenters. The van der Waals surface area contributed by atoms with Crippen LogP contribution in [0.3, 0.4) is 0 Å². The fraction of sp³-hybridized carbons (Fsp3) is 0.289. The third kappa shape index (κ3) is 5.77. The van der Waals surface area contributed by atoms with Gasteiger partial charge in [-0.25, -0.2) is 14.5 Å². The predicted molar refractivity (Wildman–Crippen MR) is 184 cm³/mol. The van der Waals surface area contributed by atoms with Crippen LogP contribution in [-0.4, -0.2) is 53.4 Å². The fourth-order valence-electron chi connectivity index (χ4n) is 7.20. The van der Waals surface area contributed by atoms with E-state index in [0.29, 0.717) is 34.8 Å². The highest BCUT2D eigenvalue weighted by atomic mass is 35.5. The van der Waals surface area contributed by atoms with Gasteiger partial charge in [0.25, 0.3) is 5.56 Å². The Morgan fingerprint density at radius 1 is 0.851 bits per heavy atom. The molecular weight excluding hydrogens is 610 g/mol. The lowest BCUT2D eigenvalue weighted by molar-refractivity contribution is 0.136. The quantitative estimate of drug-likeness (QED) is 0.208. The molecular formula is C38H36ClN5O3. The van der Waals surface area contributed by atoms with Gasteiger partial charge in [-0.05, 0) is 58.7 Å². The number of hydrogen-bond donors (Lipinski definition) is 1. The number of fused-ring (bicyclic) bond motifs is 4. The summed E-state index contributed by atoms with van der Waals surface area (Å²) in [6.45, 7) is 3.92. The molecule has 8 nitrogen and oxygen atoms in total. The predicted octanol–water partition coefficient (Wildman–Crippen LogP) is 6.49. The number of piperazine rings is 1. The Balaban J connectivity index is 1.06. The lowest BCUT2D eigenvalue weighted by atomic mass is 9.98. The third-order valence-electron chi connectivity index (χ3n) is 9.72. The molecule has 47 heavy (non-hydrogen) atoms. The first-order valence-corrected chi connectivity index (χ1v) is 16.8. The molecule has 8 rings (SSSR count). The molecule has 5 aromatic rings. The van der Waals surface area contributed by atoms with Gasteiger partial charge in [0.2, 0.25) is 0 Å². The standard InChI is InChI=1S/C38H36ClN5O3/c39-32-15-8-16-33-34(32)37(45)44(43-21-19-42(20-22-43)23-25-9-2-1-3-10-25)36(40-33)35(26-17-18-26)41-38(46)47-24-31-29-13-6-4-11-27(29)28-12-5-7-14-30(28)31/h1-16,26,31,35H,17-24H2,(H,41,46)/t35-/m0/s1. The zero-order valence-electron chi connectivity index (χ0n) is 26.0. The monoisotopic (exact) mass is 645 g/mol. The summed E-state index contributed by atoms with van der Waals surface area (Å²) < 4.78 is 7.64. The molecule has 2 aliphatic carbocycles. The van der Waals surface area contributed by atoms with Crippen LogP contribution in [0.15, 0.2) is 102 Å². The zero-order chi connectivity index (χ0) is 31.9. The first-order valence-electron chi connectivity index (χ1n) is 16.4. The molecule has 0 bridgehead atoms. The van der Waals surface area contributed by atoms with E-state index >= 15 is 0 Å². The Hall–Kier alpha value is -4.66. The van der Waals surface area contributed by atoms with Crippen molar-refractivity contribution in [3.05, 3.63) is 135 Å². The minimum atomic E-state index is -0.511. The summed E-state index contributed by atoms with van der Waals surface area (Å²) in [5.41, 5.74) is 6.25. The smallest absolute Gasteiger partial charge is 0.407 e. The normalized spacial score (nSPS) is 16.9. The zero-order valence-corrected chi connectivity index (χ0v) is 26.8. The molecule has 1 amide bonds. The summed E-state index contributed by atoms with van der Waals surface area (Å²) in [7, 11) is 0. The minimum absolute atomic E-state index is 0.0428. The molecule has 1 aromatic heterocycles. The molecule has 2 heterocycles. The van der Waals surface area contributed by atoms with Gasteiger partial charge in [0, 0.05) is 38.6 Å². The number of hydrogen-bond acceptors (Lipinski definition) is 6. The largest absolute Gasteiger partial charge is 0.449 e. The number of aromatic nitrogens is 2. The summed E-state index contributed by atoms with van der Waals surface area (Å²) in [5.74, 6) is 0.640. The number of carbonyl (C=O) groups excluding carboxylic acids is 1. The number of rotatable bonds is 8. The molecule has 9 heteroatoms. The van der Waals surface area contributed by atoms with Crippen LogP contribution in [-0.2, 0) is 11.3 Å². The molecule has 0 spiro atoms. The van der Waals surface area contributed by atoms with Gasteiger partial charge in [-0.3, -0.25) is 9.69 Å². The van der Waals surface area contributed by atoms with Gasteiger partial charge in [-0.1, -0.05) is 96.5 Å². The van der Waals surface area contributed by atoms with E-state index in [1.54, 1.807) is 16.8 Å². The number of nitrogens with one attached hydrogen (secondary N) is 1. The topological polar surface area (TPSA) is 79.7 Å². The van der Waals surface area contributed by atoms with Crippen LogP contribution in [0.5, 0.6) is 0 Å². The number of amides is 1. The van der Waals surface area contributed by atoms with Crippen LogP contribution in [0.25, 0.3) is 22.0 Å². The molecule has 1 aliphatic heterocycles. The van der Waals surface area contributed by atoms with Crippen molar-refractivity contribution in [2.45, 2.75) is 31.3 Å². The maximum absolute atomic E-state index is 14.2. The first kappa shape index (κ1) is 29.7. The third-order valence-corrected chi connectivity index (χ3v) is 10.0. The van der Waals surface area contributed by atoms with Gasteiger partial charge in [-0.15, -0.1) is 0 Å². The molecule has 1 atom stereocenters. The van der Waals surface area contributed by atoms with Gasteiger partial charge >= 0.3 is 6.09 Å². The van der Waals surface area contributed by atoms with E-state index in [4.69, 9.17) is 21.3 Å². The summed E-state index contributed by atoms with van der Waals surface area (Å²) >= 11 is 6.58. The maximum Gasteiger partial charge on any atom is 0.407 e. The van der Waals surface area contributed by atoms with Crippen LogP contribution in [0.1, 0.15) is 47.3 Å². The molecule has 1 N–H and O–H groups in total. The molecule has 0 radical (unpaired) electrons. The number of carbonyl (C=O) groups is 1. The molecule has 4 aromatic carbocycles. The second kappa shape index (κ2) is 12.5. The van der Waals surface area contributed by atoms with Crippen LogP contribution < -0.4 is 15.9 Å². The van der Waals surface area contributed by atoms with Crippen LogP contribution >= 0.6 is 11.6 Å². The van der Waals surface area contributed by atoms with E-state index in [-0.39, 0.29) is 24.0 Å². The fourth-order valence-corrected chi connectivity index (χ4v) is 7.45. The van der Waals surface area contributed by atoms with Gasteiger partial charge in [0.05, 0.1) is 22.0 Å². The lowest BCUT2D eigenvalue weighted by Gasteiger charge is -2.38. The van der Waals surface area contributed by atoms with Crippen molar-refractivity contribution < 1.29 is 9.53 Å². The van der Waals surface area contributed by atoms with Crippen molar-refractivity contribution in [1.29, 1.82) is 0 Å². The van der Waals surface area contributed by atoms with Gasteiger partial charge in [0.15, 0.2) is 5.82 Å². The van der Waals surface area contributed by atoms with E-state index in [1.807, 2.05) is 36.4 Å². The average molecular weight is 646 g/mol. The van der Waals surface area contributed by atoms with E-state index in [9.17, 15) is 9.59 Å². The van der Waals surface area contributed by atoms with E-state index in [1.165, 1.54) is 16.7 Å². The number of nitrogens with zero attached hydrogens (tertiary/aromatic N) is 4. The second-order valence-corrected chi connectivity index (χ2v) is 13.1. The Morgan fingerprint density at radius 2 is 1.51 bits per heavy atom. The Labute approximate surface area is 278 Å². The van der Waals surface area contributed by atoms with E-state index in [0.717, 1.165) is 43.6 Å². The second-order valence-electron chi connectivity index (χ2n) is 12.7. The van der Waals surface area contributed by atoms with Gasteiger partial charge < -0.3 is 15.1 Å². The van der Waals surface area contributed by atoms with Crippen LogP contribution in [0.4, 0.5) is 4.79 Å². The van der Waals surface area contributed by atoms with Crippen molar-refractivity contribution in [2.75, 3.05) is 37.8 Å². The molecule has 1 saturated carbocycles. The highest BCUT2D eigenvalue weighted by Crippen LogP contribution is 2.45. The number of ether oxygens (including phenoxy) is 1. The number of alkyl carbamates (subject to hydrolysis) is 1. The van der Waals surface area contributed by atoms with Crippen LogP contribution in [0.2, 0.25) is 5.02 Å². The van der Waals surface area contributed by atoms with Crippen molar-refractivity contribution in [3.8, 4) is 11.1 Å². The van der Waals surface area contributed by atoms with Gasteiger partial charge in [-0.2, -0.15) is 0 Å². The minimum Gasteiger partial charge on any atom is -0.449 e. The van der Waals surface area contributed by atoms with E-state index in [2.05, 4.69) is 63.8 Å². The Kier molecular flexibility index (Phi) is 7.91. The Morgan fingerprint density at radius 3 is 2.19 bits per heavy atom. The van der Waals surface area contributed by atoms with Crippen molar-refractivity contribution in [2.24, 2.45) is 5.92 Å². The lowest BCUT2D eigenvalue weighted by Crippen LogP contribution is -2.55. The average Bonchev–Trinajstić information content (AvgIpc) is 3.89. The maximum atomic E-state index is 14.2. The summed E-state index contributed by atoms with van der Waals surface area (Å²) in [6, 6.07) is 31.9. The highest BCUT2D eigenvalue weighted by molar-refractivity contribution is 6.35. The summed E-state index contributed by atoms with van der Waals surface area (Å²) in [4.78, 5) is 35.2. The highest BCUT2D eigenvalue weighted by Gasteiger charge is 2.39.